The third kappa shape index (κ3) is 39.2. The molecule has 0 heterocycles. The molecule has 0 radical (unpaired) electrons. The molecule has 1 atom stereocenters. The van der Waals surface area contributed by atoms with E-state index < -0.39 is 6.10 Å². The Morgan fingerprint density at radius 2 is 0.647 bits per heavy atom. The van der Waals surface area contributed by atoms with Crippen molar-refractivity contribution in [1.29, 1.82) is 0 Å². The number of allylic oxidation sites excluding steroid dienone is 2. The summed E-state index contributed by atoms with van der Waals surface area (Å²) in [6, 6.07) is 0. The van der Waals surface area contributed by atoms with Gasteiger partial charge < -0.3 is 14.2 Å². The average molecular weight is 721 g/mol. The van der Waals surface area contributed by atoms with Crippen molar-refractivity contribution >= 4 is 17.9 Å². The van der Waals surface area contributed by atoms with E-state index in [1.165, 1.54) is 135 Å². The predicted molar refractivity (Wildman–Crippen MR) is 215 cm³/mol. The van der Waals surface area contributed by atoms with E-state index in [-0.39, 0.29) is 31.1 Å². The Morgan fingerprint density at radius 3 is 0.980 bits per heavy atom. The number of carbonyl (C=O) groups is 3. The first-order valence-corrected chi connectivity index (χ1v) is 22.2. The molecule has 300 valence electrons. The van der Waals surface area contributed by atoms with E-state index in [2.05, 4.69) is 32.9 Å². The molecular formula is C45H84O6. The SMILES string of the molecule is CCCCCCC/C=C\CCCCCCCC(=O)OCC(COC(=O)CCCCCCCCC)OC(=O)CCCCCCCCCCCCCC. The van der Waals surface area contributed by atoms with Gasteiger partial charge in [-0.25, -0.2) is 0 Å². The van der Waals surface area contributed by atoms with Crippen LogP contribution < -0.4 is 0 Å². The van der Waals surface area contributed by atoms with Crippen molar-refractivity contribution in [3.63, 3.8) is 0 Å². The smallest absolute Gasteiger partial charge is 0.306 e. The molecule has 0 fully saturated rings. The molecular weight excluding hydrogens is 636 g/mol. The average Bonchev–Trinajstić information content (AvgIpc) is 3.12. The van der Waals surface area contributed by atoms with Crippen LogP contribution in [0.2, 0.25) is 0 Å². The molecule has 0 rings (SSSR count). The lowest BCUT2D eigenvalue weighted by molar-refractivity contribution is -0.167. The second-order valence-electron chi connectivity index (χ2n) is 15.0. The lowest BCUT2D eigenvalue weighted by Gasteiger charge is -2.18. The number of ether oxygens (including phenoxy) is 3. The van der Waals surface area contributed by atoms with Gasteiger partial charge in [0.15, 0.2) is 6.10 Å². The fraction of sp³-hybridized carbons (Fsp3) is 0.889. The molecule has 1 unspecified atom stereocenters. The van der Waals surface area contributed by atoms with Gasteiger partial charge in [0.25, 0.3) is 0 Å². The fourth-order valence-electron chi connectivity index (χ4n) is 6.38. The van der Waals surface area contributed by atoms with Crippen molar-refractivity contribution in [3.05, 3.63) is 12.2 Å². The zero-order chi connectivity index (χ0) is 37.3. The Morgan fingerprint density at radius 1 is 0.373 bits per heavy atom. The summed E-state index contributed by atoms with van der Waals surface area (Å²) in [4.78, 5) is 37.5. The van der Waals surface area contributed by atoms with Crippen molar-refractivity contribution in [2.24, 2.45) is 0 Å². The van der Waals surface area contributed by atoms with Crippen LogP contribution in [0.1, 0.15) is 239 Å². The topological polar surface area (TPSA) is 78.9 Å². The zero-order valence-corrected chi connectivity index (χ0v) is 34.1. The summed E-state index contributed by atoms with van der Waals surface area (Å²) in [5, 5.41) is 0. The van der Waals surface area contributed by atoms with Gasteiger partial charge in [-0.05, 0) is 44.9 Å². The largest absolute Gasteiger partial charge is 0.462 e. The molecule has 0 saturated carbocycles. The minimum Gasteiger partial charge on any atom is -0.462 e. The van der Waals surface area contributed by atoms with E-state index in [9.17, 15) is 14.4 Å². The van der Waals surface area contributed by atoms with E-state index in [1.807, 2.05) is 0 Å². The van der Waals surface area contributed by atoms with Gasteiger partial charge in [0.1, 0.15) is 13.2 Å². The molecule has 0 aromatic rings. The third-order valence-electron chi connectivity index (χ3n) is 9.77. The van der Waals surface area contributed by atoms with Crippen molar-refractivity contribution in [1.82, 2.24) is 0 Å². The molecule has 0 bridgehead atoms. The number of hydrogen-bond acceptors (Lipinski definition) is 6. The van der Waals surface area contributed by atoms with Crippen LogP contribution in [0.5, 0.6) is 0 Å². The summed E-state index contributed by atoms with van der Waals surface area (Å²) in [5.41, 5.74) is 0. The van der Waals surface area contributed by atoms with Crippen LogP contribution in [-0.4, -0.2) is 37.2 Å². The first-order chi connectivity index (χ1) is 25.0. The van der Waals surface area contributed by atoms with Gasteiger partial charge >= 0.3 is 17.9 Å². The first-order valence-electron chi connectivity index (χ1n) is 22.2. The molecule has 0 aromatic carbocycles. The molecule has 51 heavy (non-hydrogen) atoms. The molecule has 6 heteroatoms. The maximum Gasteiger partial charge on any atom is 0.306 e. The summed E-state index contributed by atoms with van der Waals surface area (Å²) < 4.78 is 16.6. The number of hydrogen-bond donors (Lipinski definition) is 0. The van der Waals surface area contributed by atoms with Crippen molar-refractivity contribution in [3.8, 4) is 0 Å². The highest BCUT2D eigenvalue weighted by atomic mass is 16.6. The Bertz CT molecular complexity index is 794. The number of rotatable bonds is 40. The first kappa shape index (κ1) is 49.1. The van der Waals surface area contributed by atoms with Gasteiger partial charge in [-0.3, -0.25) is 14.4 Å². The normalized spacial score (nSPS) is 12.0. The maximum absolute atomic E-state index is 12.7. The molecule has 0 aliphatic carbocycles. The minimum atomic E-state index is -0.763. The molecule has 0 aliphatic heterocycles. The van der Waals surface area contributed by atoms with Crippen LogP contribution in [0, 0.1) is 0 Å². The molecule has 6 nitrogen and oxygen atoms in total. The maximum atomic E-state index is 12.7. The number of unbranched alkanes of at least 4 members (excludes halogenated alkanes) is 27. The quantitative estimate of drug-likeness (QED) is 0.0271. The molecule has 0 aromatic heterocycles. The van der Waals surface area contributed by atoms with Gasteiger partial charge in [-0.15, -0.1) is 0 Å². The van der Waals surface area contributed by atoms with E-state index >= 15 is 0 Å². The summed E-state index contributed by atoms with van der Waals surface area (Å²) in [6.45, 7) is 6.58. The fourth-order valence-corrected chi connectivity index (χ4v) is 6.38. The van der Waals surface area contributed by atoms with E-state index in [0.717, 1.165) is 64.2 Å². The summed E-state index contributed by atoms with van der Waals surface area (Å²) in [5.74, 6) is -0.879. The molecule has 0 amide bonds. The van der Waals surface area contributed by atoms with Crippen LogP contribution in [0.25, 0.3) is 0 Å². The summed E-state index contributed by atoms with van der Waals surface area (Å²) in [7, 11) is 0. The Labute approximate surface area is 316 Å². The summed E-state index contributed by atoms with van der Waals surface area (Å²) >= 11 is 0. The van der Waals surface area contributed by atoms with E-state index in [0.29, 0.717) is 19.3 Å². The minimum absolute atomic E-state index is 0.0693. The molecule has 0 N–H and O–H groups in total. The van der Waals surface area contributed by atoms with Crippen LogP contribution in [0.15, 0.2) is 12.2 Å². The lowest BCUT2D eigenvalue weighted by Crippen LogP contribution is -2.30. The zero-order valence-electron chi connectivity index (χ0n) is 34.1. The Hall–Kier alpha value is -1.85. The van der Waals surface area contributed by atoms with Gasteiger partial charge in [0, 0.05) is 19.3 Å². The number of esters is 3. The molecule has 0 saturated heterocycles. The highest BCUT2D eigenvalue weighted by Crippen LogP contribution is 2.15. The van der Waals surface area contributed by atoms with Crippen LogP contribution in [0.3, 0.4) is 0 Å². The predicted octanol–water partition coefficient (Wildman–Crippen LogP) is 13.9. The number of carbonyl (C=O) groups excluding carboxylic acids is 3. The summed E-state index contributed by atoms with van der Waals surface area (Å²) in [6.07, 6.45) is 42.0. The van der Waals surface area contributed by atoms with E-state index in [1.54, 1.807) is 0 Å². The third-order valence-corrected chi connectivity index (χ3v) is 9.77. The second kappa shape index (κ2) is 40.9. The van der Waals surface area contributed by atoms with Gasteiger partial charge in [0.05, 0.1) is 0 Å². The van der Waals surface area contributed by atoms with Crippen LogP contribution in [-0.2, 0) is 28.6 Å². The van der Waals surface area contributed by atoms with Gasteiger partial charge in [0.2, 0.25) is 0 Å². The van der Waals surface area contributed by atoms with Crippen molar-refractivity contribution in [2.45, 2.75) is 245 Å². The highest BCUT2D eigenvalue weighted by molar-refractivity contribution is 5.71. The molecule has 0 aliphatic rings. The van der Waals surface area contributed by atoms with Crippen LogP contribution in [0.4, 0.5) is 0 Å². The monoisotopic (exact) mass is 721 g/mol. The standard InChI is InChI=1S/C45H84O6/c1-4-7-10-13-16-18-20-22-23-25-26-29-32-35-38-44(47)50-41-42(40-49-43(46)37-34-31-28-15-12-9-6-3)51-45(48)39-36-33-30-27-24-21-19-17-14-11-8-5-2/h20,22,42H,4-19,21,23-41H2,1-3H3/b22-20-. The van der Waals surface area contributed by atoms with Crippen LogP contribution >= 0.6 is 0 Å². The van der Waals surface area contributed by atoms with E-state index in [4.69, 9.17) is 14.2 Å². The Kier molecular flexibility index (Phi) is 39.4. The second-order valence-corrected chi connectivity index (χ2v) is 15.0. The van der Waals surface area contributed by atoms with Crippen molar-refractivity contribution in [2.75, 3.05) is 13.2 Å². The van der Waals surface area contributed by atoms with Gasteiger partial charge in [-0.2, -0.15) is 0 Å². The Balaban J connectivity index is 4.30. The molecule has 0 spiro atoms. The van der Waals surface area contributed by atoms with Crippen molar-refractivity contribution < 1.29 is 28.6 Å². The lowest BCUT2D eigenvalue weighted by atomic mass is 10.0. The van der Waals surface area contributed by atoms with Gasteiger partial charge in [-0.1, -0.05) is 187 Å². The highest BCUT2D eigenvalue weighted by Gasteiger charge is 2.19.